The molecule has 0 saturated heterocycles. The fourth-order valence-electron chi connectivity index (χ4n) is 21.4. The number of rotatable bonds is 5. The molecule has 26 rings (SSSR count). The average molecular weight is 1290 g/mol. The van der Waals surface area contributed by atoms with Gasteiger partial charge < -0.3 is 17.6 Å². The van der Waals surface area contributed by atoms with E-state index in [4.69, 9.17) is 0 Å². The maximum absolute atomic E-state index is 2.63. The van der Waals surface area contributed by atoms with Crippen LogP contribution in [0.1, 0.15) is 44.5 Å². The molecule has 4 heteroatoms. The molecule has 0 radical (unpaired) electrons. The molecule has 0 N–H and O–H groups in total. The summed E-state index contributed by atoms with van der Waals surface area (Å²) < 4.78 is 10.4. The molecule has 0 bridgehead atoms. The first-order valence-corrected chi connectivity index (χ1v) is 35.8. The molecule has 2 aliphatic rings. The molecule has 0 spiro atoms. The molecule has 2 aliphatic carbocycles. The summed E-state index contributed by atoms with van der Waals surface area (Å²) in [7, 11) is 0. The van der Waals surface area contributed by atoms with Crippen LogP contribution in [0.2, 0.25) is 0 Å². The summed E-state index contributed by atoms with van der Waals surface area (Å²) in [6.07, 6.45) is 0. The van der Waals surface area contributed by atoms with Crippen LogP contribution < -0.4 is 0 Å². The minimum absolute atomic E-state index is 0.539. The molecule has 4 nitrogen and oxygen atoms in total. The number of nitrogens with zero attached hydrogens (tertiary/aromatic N) is 4. The van der Waals surface area contributed by atoms with Crippen LogP contribution in [0.15, 0.2) is 328 Å². The van der Waals surface area contributed by atoms with Crippen molar-refractivity contribution in [3.63, 3.8) is 0 Å². The minimum Gasteiger partial charge on any atom is -0.308 e. The maximum atomic E-state index is 2.63. The van der Waals surface area contributed by atoms with Crippen LogP contribution >= 0.6 is 0 Å². The fourth-order valence-corrected chi connectivity index (χ4v) is 21.4. The lowest BCUT2D eigenvalue weighted by atomic mass is 9.66. The second-order valence-electron chi connectivity index (χ2n) is 29.2. The molecule has 1 unspecified atom stereocenters. The number of aromatic nitrogens is 4. The van der Waals surface area contributed by atoms with Crippen molar-refractivity contribution in [3.05, 3.63) is 372 Å². The number of hydrogen-bond donors (Lipinski definition) is 0. The average Bonchev–Trinajstić information content (AvgIpc) is 1.50. The molecule has 1 atom stereocenters. The second kappa shape index (κ2) is 18.1. The summed E-state index contributed by atoms with van der Waals surface area (Å²) in [4.78, 5) is 0. The molecule has 8 aromatic heterocycles. The first-order chi connectivity index (χ1) is 50.7. The van der Waals surface area contributed by atoms with Gasteiger partial charge in [0.05, 0.1) is 77.0 Å². The smallest absolute Gasteiger partial charge is 0.0720 e. The van der Waals surface area contributed by atoms with Crippen molar-refractivity contribution in [2.24, 2.45) is 0 Å². The predicted molar refractivity (Wildman–Crippen MR) is 425 cm³/mol. The molecule has 102 heavy (non-hydrogen) atoms. The second-order valence-corrected chi connectivity index (χ2v) is 29.2. The van der Waals surface area contributed by atoms with Gasteiger partial charge in [-0.1, -0.05) is 273 Å². The van der Waals surface area contributed by atoms with Gasteiger partial charge in [0.2, 0.25) is 0 Å². The van der Waals surface area contributed by atoms with Crippen molar-refractivity contribution in [2.75, 3.05) is 0 Å². The Morgan fingerprint density at radius 3 is 1.23 bits per heavy atom. The Kier molecular flexibility index (Phi) is 9.39. The summed E-state index contributed by atoms with van der Waals surface area (Å²) in [6.45, 7) is 0. The van der Waals surface area contributed by atoms with E-state index in [0.717, 1.165) is 0 Å². The van der Waals surface area contributed by atoms with Gasteiger partial charge in [-0.2, -0.15) is 0 Å². The lowest BCUT2D eigenvalue weighted by Crippen LogP contribution is -2.28. The Morgan fingerprint density at radius 2 is 0.608 bits per heavy atom. The van der Waals surface area contributed by atoms with Gasteiger partial charge in [-0.25, -0.2) is 0 Å². The largest absolute Gasteiger partial charge is 0.308 e. The number of para-hydroxylation sites is 5. The Hall–Kier alpha value is -13.3. The maximum Gasteiger partial charge on any atom is 0.0720 e. The van der Waals surface area contributed by atoms with Gasteiger partial charge in [-0.05, 0) is 132 Å². The third-order valence-corrected chi connectivity index (χ3v) is 25.0. The van der Waals surface area contributed by atoms with E-state index in [0.29, 0.717) is 0 Å². The van der Waals surface area contributed by atoms with Crippen molar-refractivity contribution in [3.8, 4) is 33.4 Å². The third-order valence-electron chi connectivity index (χ3n) is 25.0. The predicted octanol–water partition coefficient (Wildman–Crippen LogP) is 24.7. The van der Waals surface area contributed by atoms with Crippen molar-refractivity contribution < 1.29 is 0 Å². The quantitative estimate of drug-likeness (QED) is 0.163. The Bertz CT molecular complexity index is 7800. The minimum atomic E-state index is -0.697. The zero-order valence-electron chi connectivity index (χ0n) is 55.0. The molecule has 466 valence electrons. The fraction of sp³-hybridized carbons (Fsp3) is 0.0204. The van der Waals surface area contributed by atoms with Crippen LogP contribution in [0, 0.1) is 0 Å². The highest BCUT2D eigenvalue weighted by Crippen LogP contribution is 2.63. The van der Waals surface area contributed by atoms with E-state index in [9.17, 15) is 0 Å². The van der Waals surface area contributed by atoms with E-state index < -0.39 is 10.8 Å². The van der Waals surface area contributed by atoms with E-state index in [-0.39, 0.29) is 0 Å². The summed E-state index contributed by atoms with van der Waals surface area (Å²) in [6, 6.07) is 126. The molecule has 8 heterocycles. The van der Waals surface area contributed by atoms with Gasteiger partial charge in [-0.15, -0.1) is 0 Å². The molecular weight excluding hydrogens is 1230 g/mol. The normalized spacial score (nSPS) is 15.2. The molecule has 24 aromatic rings. The van der Waals surface area contributed by atoms with Crippen LogP contribution in [0.25, 0.3) is 186 Å². The SMILES string of the molecule is c1ccc(C2(c3ccccc3)c3ccccc3-c3cc4c(cc32)c2c3c5cccc6c7ccc(-c8ccc(C9(c%10ccccc%10)c%10ccccc%10-c%10ccc%11c(c%109)c9c%10c%12cccc%13c%14ccccc%14n(c%10cc%10c%14ccccc%14n%11c%109)c%13%12)cc8)cc7n(c3cc3c7ccccc7n4c32)c65)cc1. The molecular formula is C98H54N4. The topological polar surface area (TPSA) is 17.6 Å². The first-order valence-electron chi connectivity index (χ1n) is 35.8. The standard InChI is InChI=1S/C98H54N4/c1-4-22-57(23-5-1)97(58-24-6-2-7-25-58)76-37-15-11-29-62(76)72-52-84-75(51-78(72)97)89-87-70-35-21-34-69-66-47-44-56(50-83(66)102(94(69)70)85(87)53-73-64-31-14-19-41-81(64)100(84)95(73)89)55-42-45-60(46-43-55)98(59-26-8-3-9-27-59)77-38-16-10-28-61(77)67-48-49-82-90(92(67)98)91-88-71-36-20-33-68-63-30-12-17-39-79(63)101(93(68)71)86(88)54-74-65-32-13-18-40-80(65)99(82)96(74)91/h1-54H. The number of hydrogen-bond acceptors (Lipinski definition) is 0. The van der Waals surface area contributed by atoms with Gasteiger partial charge >= 0.3 is 0 Å². The van der Waals surface area contributed by atoms with Gasteiger partial charge in [-0.3, -0.25) is 0 Å². The molecule has 0 fully saturated rings. The zero-order valence-corrected chi connectivity index (χ0v) is 55.0. The number of benzene rings is 16. The lowest BCUT2D eigenvalue weighted by Gasteiger charge is -2.34. The number of fused-ring (bicyclic) bond motifs is 33. The van der Waals surface area contributed by atoms with Crippen LogP contribution in [0.3, 0.4) is 0 Å². The van der Waals surface area contributed by atoms with Crippen molar-refractivity contribution >= 4 is 152 Å². The van der Waals surface area contributed by atoms with E-state index in [2.05, 4.69) is 345 Å². The molecule has 16 aromatic carbocycles. The summed E-state index contributed by atoms with van der Waals surface area (Å²) in [5.41, 5.74) is 31.7. The van der Waals surface area contributed by atoms with Gasteiger partial charge in [0.25, 0.3) is 0 Å². The first kappa shape index (κ1) is 52.8. The monoisotopic (exact) mass is 1290 g/mol. The highest BCUT2D eigenvalue weighted by Gasteiger charge is 2.50. The van der Waals surface area contributed by atoms with E-state index in [1.165, 1.54) is 230 Å². The van der Waals surface area contributed by atoms with Crippen LogP contribution in [0.5, 0.6) is 0 Å². The Balaban J connectivity index is 0.723. The van der Waals surface area contributed by atoms with E-state index in [1.807, 2.05) is 0 Å². The van der Waals surface area contributed by atoms with Crippen LogP contribution in [-0.2, 0) is 10.8 Å². The molecule has 0 amide bonds. The van der Waals surface area contributed by atoms with Gasteiger partial charge in [0.1, 0.15) is 0 Å². The van der Waals surface area contributed by atoms with Gasteiger partial charge in [0.15, 0.2) is 0 Å². The summed E-state index contributed by atoms with van der Waals surface area (Å²) in [5, 5.41) is 20.7. The Labute approximate surface area is 582 Å². The highest BCUT2D eigenvalue weighted by atomic mass is 15.0. The highest BCUT2D eigenvalue weighted by molar-refractivity contribution is 6.41. The van der Waals surface area contributed by atoms with Gasteiger partial charge in [0, 0.05) is 86.2 Å². The Morgan fingerprint density at radius 1 is 0.176 bits per heavy atom. The van der Waals surface area contributed by atoms with Crippen molar-refractivity contribution in [1.29, 1.82) is 0 Å². The third kappa shape index (κ3) is 5.86. The van der Waals surface area contributed by atoms with Crippen LogP contribution in [-0.4, -0.2) is 17.6 Å². The van der Waals surface area contributed by atoms with Crippen LogP contribution in [0.4, 0.5) is 0 Å². The summed E-state index contributed by atoms with van der Waals surface area (Å²) >= 11 is 0. The summed E-state index contributed by atoms with van der Waals surface area (Å²) in [5.74, 6) is 0. The van der Waals surface area contributed by atoms with E-state index in [1.54, 1.807) is 0 Å². The van der Waals surface area contributed by atoms with Crippen molar-refractivity contribution in [2.45, 2.75) is 10.8 Å². The zero-order chi connectivity index (χ0) is 65.7. The lowest BCUT2D eigenvalue weighted by molar-refractivity contribution is 0.769. The van der Waals surface area contributed by atoms with E-state index >= 15 is 0 Å². The molecule has 0 aliphatic heterocycles. The molecule has 0 saturated carbocycles. The van der Waals surface area contributed by atoms with Crippen molar-refractivity contribution in [1.82, 2.24) is 17.6 Å².